The van der Waals surface area contributed by atoms with Gasteiger partial charge in [0.05, 0.1) is 15.5 Å². The summed E-state index contributed by atoms with van der Waals surface area (Å²) in [5, 5.41) is 17.6. The van der Waals surface area contributed by atoms with Gasteiger partial charge in [-0.15, -0.1) is 0 Å². The number of hydrazine groups is 1. The third kappa shape index (κ3) is 5.59. The van der Waals surface area contributed by atoms with Gasteiger partial charge in [0.1, 0.15) is 6.33 Å². The van der Waals surface area contributed by atoms with Crippen LogP contribution in [-0.4, -0.2) is 26.7 Å². The van der Waals surface area contributed by atoms with Gasteiger partial charge in [-0.3, -0.25) is 30.6 Å². The van der Waals surface area contributed by atoms with E-state index in [1.54, 1.807) is 24.3 Å². The molecule has 2 amide bonds. The van der Waals surface area contributed by atoms with E-state index in [1.165, 1.54) is 25.1 Å². The molecule has 0 aliphatic carbocycles. The number of aromatic nitrogens is 2. The molecule has 0 radical (unpaired) electrons. The molecule has 1 heterocycles. The minimum Gasteiger partial charge on any atom is -0.334 e. The lowest BCUT2D eigenvalue weighted by Gasteiger charge is -2.12. The SMILES string of the molecule is CC(=O)Nc1ccc(Nc2ncnc(NNC(=O)c3ccc(Cl)cc3Cl)c2[N+](=O)[O-])cc1. The van der Waals surface area contributed by atoms with Crippen LogP contribution >= 0.6 is 23.2 Å². The topological polar surface area (TPSA) is 151 Å². The molecule has 11 nitrogen and oxygen atoms in total. The van der Waals surface area contributed by atoms with Crippen molar-refractivity contribution >= 4 is 63.7 Å². The number of benzene rings is 2. The highest BCUT2D eigenvalue weighted by Gasteiger charge is 2.24. The number of nitrogens with zero attached hydrogens (tertiary/aromatic N) is 3. The van der Waals surface area contributed by atoms with E-state index in [0.29, 0.717) is 16.4 Å². The van der Waals surface area contributed by atoms with Crippen molar-refractivity contribution in [1.82, 2.24) is 15.4 Å². The van der Waals surface area contributed by atoms with Gasteiger partial charge in [0.15, 0.2) is 0 Å². The normalized spacial score (nSPS) is 10.2. The molecule has 32 heavy (non-hydrogen) atoms. The molecule has 1 aromatic heterocycles. The second kappa shape index (κ2) is 9.90. The molecule has 164 valence electrons. The number of nitrogens with one attached hydrogen (secondary N) is 4. The maximum atomic E-state index is 12.4. The van der Waals surface area contributed by atoms with Crippen LogP contribution in [-0.2, 0) is 4.79 Å². The fourth-order valence-electron chi connectivity index (χ4n) is 2.57. The first-order chi connectivity index (χ1) is 15.2. The van der Waals surface area contributed by atoms with Gasteiger partial charge in [-0.05, 0) is 42.5 Å². The molecule has 3 aromatic rings. The first-order valence-electron chi connectivity index (χ1n) is 8.90. The number of hydrogen-bond acceptors (Lipinski definition) is 8. The molecule has 3 rings (SSSR count). The Bertz CT molecular complexity index is 1190. The zero-order valence-electron chi connectivity index (χ0n) is 16.3. The quantitative estimate of drug-likeness (QED) is 0.293. The first-order valence-corrected chi connectivity index (χ1v) is 9.65. The number of rotatable bonds is 7. The molecule has 0 fully saturated rings. The van der Waals surface area contributed by atoms with Gasteiger partial charge in [-0.2, -0.15) is 0 Å². The highest BCUT2D eigenvalue weighted by atomic mass is 35.5. The van der Waals surface area contributed by atoms with E-state index in [4.69, 9.17) is 23.2 Å². The summed E-state index contributed by atoms with van der Waals surface area (Å²) in [6.07, 6.45) is 1.09. The zero-order chi connectivity index (χ0) is 23.3. The van der Waals surface area contributed by atoms with Gasteiger partial charge < -0.3 is 10.6 Å². The lowest BCUT2D eigenvalue weighted by atomic mass is 10.2. The Morgan fingerprint density at radius 1 is 1.00 bits per heavy atom. The number of amides is 2. The Labute approximate surface area is 191 Å². The monoisotopic (exact) mass is 475 g/mol. The van der Waals surface area contributed by atoms with Crippen molar-refractivity contribution in [3.05, 3.63) is 74.5 Å². The van der Waals surface area contributed by atoms with Crippen LogP contribution in [0.1, 0.15) is 17.3 Å². The molecular formula is C19H15Cl2N7O4. The average Bonchev–Trinajstić information content (AvgIpc) is 2.73. The number of hydrogen-bond donors (Lipinski definition) is 4. The van der Waals surface area contributed by atoms with Gasteiger partial charge >= 0.3 is 5.69 Å². The van der Waals surface area contributed by atoms with Crippen LogP contribution in [0.15, 0.2) is 48.8 Å². The minimum absolute atomic E-state index is 0.109. The molecule has 0 saturated heterocycles. The van der Waals surface area contributed by atoms with Gasteiger partial charge in [-0.1, -0.05) is 23.2 Å². The van der Waals surface area contributed by atoms with Crippen molar-refractivity contribution in [3.63, 3.8) is 0 Å². The molecule has 0 aliphatic heterocycles. The predicted octanol–water partition coefficient (Wildman–Crippen LogP) is 4.15. The first kappa shape index (κ1) is 22.7. The molecule has 4 N–H and O–H groups in total. The van der Waals surface area contributed by atoms with Crippen molar-refractivity contribution in [3.8, 4) is 0 Å². The standard InChI is InChI=1S/C19H15Cl2N7O4/c1-10(29)24-12-3-5-13(6-4-12)25-17-16(28(31)32)18(23-9-22-17)26-27-19(30)14-7-2-11(20)8-15(14)21/h2-9H,1H3,(H,24,29)(H,27,30)(H2,22,23,25,26). The van der Waals surface area contributed by atoms with E-state index in [9.17, 15) is 19.7 Å². The molecule has 0 saturated carbocycles. The van der Waals surface area contributed by atoms with E-state index in [-0.39, 0.29) is 28.1 Å². The van der Waals surface area contributed by atoms with Crippen molar-refractivity contribution in [2.45, 2.75) is 6.92 Å². The number of nitro groups is 1. The van der Waals surface area contributed by atoms with Gasteiger partial charge in [0, 0.05) is 23.3 Å². The fourth-order valence-corrected chi connectivity index (χ4v) is 3.06. The molecule has 0 atom stereocenters. The average molecular weight is 476 g/mol. The van der Waals surface area contributed by atoms with Crippen LogP contribution in [0.3, 0.4) is 0 Å². The Kier molecular flexibility index (Phi) is 7.03. The van der Waals surface area contributed by atoms with Crippen LogP contribution in [0.4, 0.5) is 28.7 Å². The van der Waals surface area contributed by atoms with E-state index in [0.717, 1.165) is 6.33 Å². The van der Waals surface area contributed by atoms with Crippen LogP contribution in [0.2, 0.25) is 10.0 Å². The van der Waals surface area contributed by atoms with Crippen LogP contribution < -0.4 is 21.5 Å². The van der Waals surface area contributed by atoms with Gasteiger partial charge in [0.25, 0.3) is 5.91 Å². The summed E-state index contributed by atoms with van der Waals surface area (Å²) < 4.78 is 0. The Morgan fingerprint density at radius 3 is 2.28 bits per heavy atom. The van der Waals surface area contributed by atoms with Crippen molar-refractivity contribution in [2.24, 2.45) is 0 Å². The van der Waals surface area contributed by atoms with Crippen molar-refractivity contribution in [2.75, 3.05) is 16.1 Å². The maximum absolute atomic E-state index is 12.4. The molecule has 2 aromatic carbocycles. The zero-order valence-corrected chi connectivity index (χ0v) is 17.9. The number of carbonyl (C=O) groups excluding carboxylic acids is 2. The van der Waals surface area contributed by atoms with E-state index < -0.39 is 16.5 Å². The summed E-state index contributed by atoms with van der Waals surface area (Å²) in [5.74, 6) is -1.24. The Hall–Kier alpha value is -3.96. The second-order valence-corrected chi connectivity index (χ2v) is 7.11. The second-order valence-electron chi connectivity index (χ2n) is 6.26. The lowest BCUT2D eigenvalue weighted by molar-refractivity contribution is -0.383. The summed E-state index contributed by atoms with van der Waals surface area (Å²) in [7, 11) is 0. The highest BCUT2D eigenvalue weighted by Crippen LogP contribution is 2.31. The largest absolute Gasteiger partial charge is 0.355 e. The van der Waals surface area contributed by atoms with Crippen LogP contribution in [0.5, 0.6) is 0 Å². The molecule has 0 aliphatic rings. The number of halogens is 2. The molecule has 0 spiro atoms. The molecular weight excluding hydrogens is 461 g/mol. The molecule has 13 heteroatoms. The summed E-state index contributed by atoms with van der Waals surface area (Å²) in [6.45, 7) is 1.38. The summed E-state index contributed by atoms with van der Waals surface area (Å²) in [4.78, 5) is 42.2. The number of carbonyl (C=O) groups is 2. The third-order valence-electron chi connectivity index (χ3n) is 3.94. The fraction of sp³-hybridized carbons (Fsp3) is 0.0526. The van der Waals surface area contributed by atoms with E-state index in [1.807, 2.05) is 0 Å². The van der Waals surface area contributed by atoms with Gasteiger partial charge in [0.2, 0.25) is 17.5 Å². The lowest BCUT2D eigenvalue weighted by Crippen LogP contribution is -2.30. The van der Waals surface area contributed by atoms with Gasteiger partial charge in [-0.25, -0.2) is 9.97 Å². The highest BCUT2D eigenvalue weighted by molar-refractivity contribution is 6.36. The van der Waals surface area contributed by atoms with E-state index >= 15 is 0 Å². The van der Waals surface area contributed by atoms with Crippen molar-refractivity contribution < 1.29 is 14.5 Å². The van der Waals surface area contributed by atoms with E-state index in [2.05, 4.69) is 31.5 Å². The van der Waals surface area contributed by atoms with Crippen molar-refractivity contribution in [1.29, 1.82) is 0 Å². The number of anilines is 4. The Morgan fingerprint density at radius 2 is 1.66 bits per heavy atom. The third-order valence-corrected chi connectivity index (χ3v) is 4.49. The van der Waals surface area contributed by atoms with Crippen LogP contribution in [0, 0.1) is 10.1 Å². The Balaban J connectivity index is 1.79. The molecule has 0 bridgehead atoms. The van der Waals surface area contributed by atoms with Crippen LogP contribution in [0.25, 0.3) is 0 Å². The maximum Gasteiger partial charge on any atom is 0.355 e. The summed E-state index contributed by atoms with van der Waals surface area (Å²) >= 11 is 11.8. The summed E-state index contributed by atoms with van der Waals surface area (Å²) in [5.41, 5.74) is 5.38. The molecule has 0 unspecified atom stereocenters. The minimum atomic E-state index is -0.697. The smallest absolute Gasteiger partial charge is 0.334 e. The predicted molar refractivity (Wildman–Crippen MR) is 120 cm³/mol. The summed E-state index contributed by atoms with van der Waals surface area (Å²) in [6, 6.07) is 10.7.